The summed E-state index contributed by atoms with van der Waals surface area (Å²) >= 11 is 0. The van der Waals surface area contributed by atoms with E-state index in [1.807, 2.05) is 6.08 Å². The van der Waals surface area contributed by atoms with E-state index >= 15 is 0 Å². The Kier molecular flexibility index (Phi) is 4.36. The van der Waals surface area contributed by atoms with E-state index in [0.717, 1.165) is 24.8 Å². The zero-order chi connectivity index (χ0) is 10.4. The predicted octanol–water partition coefficient (Wildman–Crippen LogP) is 2.01. The van der Waals surface area contributed by atoms with E-state index in [2.05, 4.69) is 0 Å². The van der Waals surface area contributed by atoms with Crippen LogP contribution in [-0.4, -0.2) is 18.4 Å². The van der Waals surface area contributed by atoms with Gasteiger partial charge in [0, 0.05) is 12.8 Å². The number of ether oxygens (including phenoxy) is 1. The van der Waals surface area contributed by atoms with Gasteiger partial charge >= 0.3 is 5.97 Å². The molecule has 0 radical (unpaired) electrons. The van der Waals surface area contributed by atoms with Crippen molar-refractivity contribution in [1.82, 2.24) is 0 Å². The van der Waals surface area contributed by atoms with Crippen molar-refractivity contribution in [2.75, 3.05) is 6.61 Å². The van der Waals surface area contributed by atoms with Crippen molar-refractivity contribution < 1.29 is 14.3 Å². The lowest BCUT2D eigenvalue weighted by Gasteiger charge is -2.01. The minimum absolute atomic E-state index is 0.168. The van der Waals surface area contributed by atoms with Gasteiger partial charge in [0.2, 0.25) is 0 Å². The summed E-state index contributed by atoms with van der Waals surface area (Å²) in [5.41, 5.74) is 0.897. The van der Waals surface area contributed by atoms with E-state index in [0.29, 0.717) is 19.4 Å². The van der Waals surface area contributed by atoms with Crippen molar-refractivity contribution in [2.45, 2.75) is 39.0 Å². The van der Waals surface area contributed by atoms with Crippen molar-refractivity contribution in [3.8, 4) is 0 Å². The smallest absolute Gasteiger partial charge is 0.305 e. The van der Waals surface area contributed by atoms with E-state index in [1.165, 1.54) is 0 Å². The minimum Gasteiger partial charge on any atom is -0.466 e. The summed E-state index contributed by atoms with van der Waals surface area (Å²) in [6, 6.07) is 0. The Morgan fingerprint density at radius 3 is 2.93 bits per heavy atom. The quantitative estimate of drug-likeness (QED) is 0.632. The highest BCUT2D eigenvalue weighted by Gasteiger charge is 2.14. The summed E-state index contributed by atoms with van der Waals surface area (Å²) in [5, 5.41) is 0. The molecule has 0 fully saturated rings. The van der Waals surface area contributed by atoms with Crippen LogP contribution in [0, 0.1) is 0 Å². The zero-order valence-corrected chi connectivity index (χ0v) is 8.54. The number of esters is 1. The van der Waals surface area contributed by atoms with Gasteiger partial charge in [-0.05, 0) is 31.8 Å². The van der Waals surface area contributed by atoms with E-state index < -0.39 is 0 Å². The van der Waals surface area contributed by atoms with Gasteiger partial charge in [-0.2, -0.15) is 0 Å². The van der Waals surface area contributed by atoms with Crippen LogP contribution in [0.25, 0.3) is 0 Å². The average molecular weight is 196 g/mol. The lowest BCUT2D eigenvalue weighted by Crippen LogP contribution is -2.04. The molecular weight excluding hydrogens is 180 g/mol. The van der Waals surface area contributed by atoms with Gasteiger partial charge in [0.25, 0.3) is 0 Å². The first-order chi connectivity index (χ1) is 6.74. The first kappa shape index (κ1) is 11.0. The fourth-order valence-corrected chi connectivity index (χ4v) is 1.55. The normalized spacial score (nSPS) is 15.5. The molecule has 0 atom stereocenters. The molecule has 0 bridgehead atoms. The van der Waals surface area contributed by atoms with Crippen LogP contribution in [-0.2, 0) is 14.3 Å². The number of hydrogen-bond acceptors (Lipinski definition) is 3. The fraction of sp³-hybridized carbons (Fsp3) is 0.636. The van der Waals surface area contributed by atoms with E-state index in [-0.39, 0.29) is 11.8 Å². The molecule has 0 unspecified atom stereocenters. The summed E-state index contributed by atoms with van der Waals surface area (Å²) in [7, 11) is 0. The molecule has 0 aromatic rings. The Morgan fingerprint density at radius 1 is 1.57 bits per heavy atom. The maximum absolute atomic E-state index is 11.2. The number of Topliss-reactive ketones (excluding diaryl/α,β-unsaturated/α-hetero) is 1. The average Bonchev–Trinajstić information content (AvgIpc) is 2.52. The molecule has 3 heteroatoms. The van der Waals surface area contributed by atoms with E-state index in [4.69, 9.17) is 4.74 Å². The molecule has 0 aromatic carbocycles. The summed E-state index contributed by atoms with van der Waals surface area (Å²) in [6.45, 7) is 2.22. The third-order valence-corrected chi connectivity index (χ3v) is 2.25. The molecule has 3 nitrogen and oxygen atoms in total. The lowest BCUT2D eigenvalue weighted by molar-refractivity contribution is -0.143. The van der Waals surface area contributed by atoms with Gasteiger partial charge < -0.3 is 4.74 Å². The van der Waals surface area contributed by atoms with Crippen LogP contribution in [0.4, 0.5) is 0 Å². The van der Waals surface area contributed by atoms with Gasteiger partial charge in [-0.15, -0.1) is 0 Å². The first-order valence-corrected chi connectivity index (χ1v) is 5.12. The van der Waals surface area contributed by atoms with Gasteiger partial charge in [0.1, 0.15) is 0 Å². The Hall–Kier alpha value is -1.12. The van der Waals surface area contributed by atoms with E-state index in [9.17, 15) is 9.59 Å². The van der Waals surface area contributed by atoms with Gasteiger partial charge in [0.05, 0.1) is 6.61 Å². The molecule has 0 N–H and O–H groups in total. The molecule has 0 amide bonds. The Bertz CT molecular complexity index is 253. The second kappa shape index (κ2) is 5.58. The minimum atomic E-state index is -0.168. The number of carbonyl (C=O) groups excluding carboxylic acids is 2. The van der Waals surface area contributed by atoms with Crippen LogP contribution in [0.2, 0.25) is 0 Å². The predicted molar refractivity (Wildman–Crippen MR) is 52.8 cm³/mol. The molecule has 1 aliphatic rings. The number of rotatable bonds is 5. The van der Waals surface area contributed by atoms with Crippen LogP contribution < -0.4 is 0 Å². The number of hydrogen-bond donors (Lipinski definition) is 0. The number of allylic oxidation sites excluding steroid dienone is 2. The third-order valence-electron chi connectivity index (χ3n) is 2.25. The molecule has 78 valence electrons. The van der Waals surface area contributed by atoms with E-state index in [1.54, 1.807) is 6.92 Å². The van der Waals surface area contributed by atoms with Crippen LogP contribution in [0.3, 0.4) is 0 Å². The molecule has 1 rings (SSSR count). The molecule has 0 heterocycles. The topological polar surface area (TPSA) is 43.4 Å². The highest BCUT2D eigenvalue weighted by Crippen LogP contribution is 2.19. The van der Waals surface area contributed by atoms with Crippen molar-refractivity contribution in [3.05, 3.63) is 11.6 Å². The lowest BCUT2D eigenvalue weighted by atomic mass is 10.1. The summed E-state index contributed by atoms with van der Waals surface area (Å²) in [4.78, 5) is 22.2. The van der Waals surface area contributed by atoms with Crippen molar-refractivity contribution in [2.24, 2.45) is 0 Å². The standard InChI is InChI=1S/C11H16O3/c1-2-14-11(13)8-4-6-9-5-3-7-10(9)12/h5H,2-4,6-8H2,1H3. The monoisotopic (exact) mass is 196 g/mol. The van der Waals surface area contributed by atoms with Crippen LogP contribution in [0.1, 0.15) is 39.0 Å². The highest BCUT2D eigenvalue weighted by atomic mass is 16.5. The van der Waals surface area contributed by atoms with Gasteiger partial charge in [-0.1, -0.05) is 6.08 Å². The maximum atomic E-state index is 11.2. The van der Waals surface area contributed by atoms with Gasteiger partial charge in [-0.25, -0.2) is 0 Å². The molecule has 1 aliphatic carbocycles. The molecule has 0 spiro atoms. The summed E-state index contributed by atoms with van der Waals surface area (Å²) < 4.78 is 4.79. The number of carbonyl (C=O) groups is 2. The van der Waals surface area contributed by atoms with Crippen molar-refractivity contribution in [1.29, 1.82) is 0 Å². The largest absolute Gasteiger partial charge is 0.466 e. The summed E-state index contributed by atoms with van der Waals surface area (Å²) in [5.74, 6) is 0.0763. The SMILES string of the molecule is CCOC(=O)CCCC1=CCCC1=O. The fourth-order valence-electron chi connectivity index (χ4n) is 1.55. The van der Waals surface area contributed by atoms with Crippen LogP contribution in [0.5, 0.6) is 0 Å². The van der Waals surface area contributed by atoms with Crippen molar-refractivity contribution >= 4 is 11.8 Å². The van der Waals surface area contributed by atoms with Gasteiger partial charge in [0.15, 0.2) is 5.78 Å². The first-order valence-electron chi connectivity index (χ1n) is 5.12. The molecule has 0 saturated carbocycles. The summed E-state index contributed by atoms with van der Waals surface area (Å²) in [6.07, 6.45) is 5.35. The molecule has 0 saturated heterocycles. The third kappa shape index (κ3) is 3.32. The number of ketones is 1. The molecule has 0 aliphatic heterocycles. The van der Waals surface area contributed by atoms with Crippen LogP contribution in [0.15, 0.2) is 11.6 Å². The maximum Gasteiger partial charge on any atom is 0.305 e. The van der Waals surface area contributed by atoms with Crippen LogP contribution >= 0.6 is 0 Å². The molecular formula is C11H16O3. The highest BCUT2D eigenvalue weighted by molar-refractivity contribution is 5.97. The Labute approximate surface area is 84.1 Å². The van der Waals surface area contributed by atoms with Gasteiger partial charge in [-0.3, -0.25) is 9.59 Å². The second-order valence-electron chi connectivity index (χ2n) is 3.35. The Morgan fingerprint density at radius 2 is 2.36 bits per heavy atom. The second-order valence-corrected chi connectivity index (χ2v) is 3.35. The molecule has 14 heavy (non-hydrogen) atoms. The van der Waals surface area contributed by atoms with Crippen molar-refractivity contribution in [3.63, 3.8) is 0 Å². The molecule has 0 aromatic heterocycles. The Balaban J connectivity index is 2.15. The zero-order valence-electron chi connectivity index (χ0n) is 8.54.